The van der Waals surface area contributed by atoms with E-state index < -0.39 is 0 Å². The maximum Gasteiger partial charge on any atom is 0.119 e. The van der Waals surface area contributed by atoms with Crippen molar-refractivity contribution in [3.8, 4) is 39.3 Å². The maximum atomic E-state index is 5.69. The zero-order valence-electron chi connectivity index (χ0n) is 19.8. The van der Waals surface area contributed by atoms with Crippen LogP contribution in [0.1, 0.15) is 24.1 Å². The number of ether oxygens (including phenoxy) is 1. The molecule has 1 N–H and O–H groups in total. The topological polar surface area (TPSA) is 42.3 Å². The molecule has 7 rings (SSSR count). The van der Waals surface area contributed by atoms with Gasteiger partial charge in [-0.25, -0.2) is 0 Å². The molecule has 0 fully saturated rings. The summed E-state index contributed by atoms with van der Waals surface area (Å²) in [4.78, 5) is 8.32. The summed E-state index contributed by atoms with van der Waals surface area (Å²) in [5.41, 5.74) is 12.6. The van der Waals surface area contributed by atoms with Crippen LogP contribution in [0.15, 0.2) is 84.0 Å². The Kier molecular flexibility index (Phi) is 4.66. The average molecular weight is 458 g/mol. The lowest BCUT2D eigenvalue weighted by molar-refractivity contribution is 0.415. The summed E-state index contributed by atoms with van der Waals surface area (Å²) in [5.74, 6) is 0.861. The Hall–Kier alpha value is -4.05. The Morgan fingerprint density at radius 3 is 2.57 bits per heavy atom. The lowest BCUT2D eigenvalue weighted by atomic mass is 9.88. The molecular weight excluding hydrogens is 430 g/mol. The molecule has 2 aromatic heterocycles. The van der Waals surface area contributed by atoms with E-state index in [1.165, 1.54) is 62.1 Å². The largest absolute Gasteiger partial charge is 0.497 e. The Labute approximate surface area is 204 Å². The molecule has 0 saturated heterocycles. The first-order valence-corrected chi connectivity index (χ1v) is 12.4. The van der Waals surface area contributed by atoms with Crippen LogP contribution < -0.4 is 4.74 Å². The molecule has 5 aromatic rings. The molecule has 3 heterocycles. The minimum atomic E-state index is 0.861. The first-order chi connectivity index (χ1) is 17.3. The highest BCUT2D eigenvalue weighted by molar-refractivity contribution is 6.09. The monoisotopic (exact) mass is 457 g/mol. The minimum absolute atomic E-state index is 0.861. The van der Waals surface area contributed by atoms with Gasteiger partial charge >= 0.3 is 0 Å². The van der Waals surface area contributed by atoms with Crippen LogP contribution >= 0.6 is 0 Å². The van der Waals surface area contributed by atoms with E-state index in [1.54, 1.807) is 7.11 Å². The van der Waals surface area contributed by atoms with Gasteiger partial charge in [0, 0.05) is 34.9 Å². The van der Waals surface area contributed by atoms with Crippen LogP contribution in [-0.4, -0.2) is 28.9 Å². The molecule has 0 unspecified atom stereocenters. The first-order valence-electron chi connectivity index (χ1n) is 12.4. The van der Waals surface area contributed by atoms with Crippen molar-refractivity contribution in [2.24, 2.45) is 4.99 Å². The molecular formula is C31H27N3O. The molecule has 4 nitrogen and oxygen atoms in total. The van der Waals surface area contributed by atoms with Crippen molar-refractivity contribution in [3.05, 3.63) is 90.3 Å². The summed E-state index contributed by atoms with van der Waals surface area (Å²) in [5, 5.41) is 1.38. The molecule has 1 aliphatic carbocycles. The van der Waals surface area contributed by atoms with Gasteiger partial charge in [-0.05, 0) is 89.5 Å². The summed E-state index contributed by atoms with van der Waals surface area (Å²) in [6.45, 7) is 1.81. The number of hydrogen-bond donors (Lipinski definition) is 1. The Morgan fingerprint density at radius 1 is 0.857 bits per heavy atom. The number of aromatic nitrogens is 2. The first kappa shape index (κ1) is 20.3. The Balaban J connectivity index is 1.58. The van der Waals surface area contributed by atoms with E-state index in [2.05, 4.69) is 76.3 Å². The molecule has 2 aliphatic rings. The molecule has 172 valence electrons. The van der Waals surface area contributed by atoms with Crippen molar-refractivity contribution < 1.29 is 4.74 Å². The molecule has 0 atom stereocenters. The molecule has 0 saturated carbocycles. The number of H-pyrrole nitrogens is 1. The van der Waals surface area contributed by atoms with Gasteiger partial charge in [-0.1, -0.05) is 30.3 Å². The summed E-state index contributed by atoms with van der Waals surface area (Å²) in [6.07, 6.45) is 5.38. The quantitative estimate of drug-likeness (QED) is 0.307. The van der Waals surface area contributed by atoms with Gasteiger partial charge in [0.15, 0.2) is 0 Å². The smallest absolute Gasteiger partial charge is 0.119 e. The Morgan fingerprint density at radius 2 is 1.74 bits per heavy atom. The van der Waals surface area contributed by atoms with Crippen molar-refractivity contribution in [1.82, 2.24) is 9.55 Å². The highest BCUT2D eigenvalue weighted by Crippen LogP contribution is 2.44. The lowest BCUT2D eigenvalue weighted by Gasteiger charge is -2.22. The van der Waals surface area contributed by atoms with Gasteiger partial charge in [-0.15, -0.1) is 0 Å². The van der Waals surface area contributed by atoms with Gasteiger partial charge in [-0.2, -0.15) is 0 Å². The lowest BCUT2D eigenvalue weighted by Crippen LogP contribution is -2.22. The van der Waals surface area contributed by atoms with Crippen LogP contribution in [0.2, 0.25) is 0 Å². The Bertz CT molecular complexity index is 1590. The molecule has 0 spiro atoms. The summed E-state index contributed by atoms with van der Waals surface area (Å²) in [6, 6.07) is 26.2. The van der Waals surface area contributed by atoms with Gasteiger partial charge in [0.2, 0.25) is 0 Å². The number of nitrogens with zero attached hydrogens (tertiary/aromatic N) is 2. The second kappa shape index (κ2) is 8.02. The SMILES string of the molecule is COc1ccc(-c2ccc[nH]2)c(-c2cc3c(cc2-c2ccccc2)c2c4n3CCN=C4CCC2)c1. The summed E-state index contributed by atoms with van der Waals surface area (Å²) >= 11 is 0. The van der Waals surface area contributed by atoms with E-state index in [4.69, 9.17) is 9.73 Å². The van der Waals surface area contributed by atoms with Crippen LogP contribution in [0.5, 0.6) is 5.75 Å². The minimum Gasteiger partial charge on any atom is -0.497 e. The third kappa shape index (κ3) is 3.17. The zero-order valence-corrected chi connectivity index (χ0v) is 19.8. The fourth-order valence-electron chi connectivity index (χ4n) is 5.95. The van der Waals surface area contributed by atoms with E-state index in [1.807, 2.05) is 12.3 Å². The molecule has 3 aromatic carbocycles. The van der Waals surface area contributed by atoms with E-state index in [0.29, 0.717) is 0 Å². The third-order valence-corrected chi connectivity index (χ3v) is 7.54. The molecule has 1 aliphatic heterocycles. The molecule has 0 bridgehead atoms. The average Bonchev–Trinajstić information content (AvgIpc) is 3.57. The van der Waals surface area contributed by atoms with E-state index in [0.717, 1.165) is 37.4 Å². The molecule has 0 radical (unpaired) electrons. The zero-order chi connectivity index (χ0) is 23.4. The van der Waals surface area contributed by atoms with Gasteiger partial charge in [0.25, 0.3) is 0 Å². The molecule has 35 heavy (non-hydrogen) atoms. The van der Waals surface area contributed by atoms with Gasteiger partial charge in [-0.3, -0.25) is 4.99 Å². The second-order valence-electron chi connectivity index (χ2n) is 9.44. The molecule has 4 heteroatoms. The summed E-state index contributed by atoms with van der Waals surface area (Å²) < 4.78 is 8.21. The fraction of sp³-hybridized carbons (Fsp3) is 0.194. The standard InChI is InChI=1S/C31H27N3O/c1-35-21-12-13-22(28-11-6-14-32-28)25(17-21)26-19-30-27(18-24(26)20-7-3-2-4-8-20)23-9-5-10-29-31(23)34(30)16-15-33-29/h2-4,6-8,11-14,17-19,32H,5,9-10,15-16H2,1H3. The number of methoxy groups -OCH3 is 1. The highest BCUT2D eigenvalue weighted by atomic mass is 16.5. The van der Waals surface area contributed by atoms with E-state index >= 15 is 0 Å². The van der Waals surface area contributed by atoms with Crippen molar-refractivity contribution in [1.29, 1.82) is 0 Å². The van der Waals surface area contributed by atoms with Crippen molar-refractivity contribution in [3.63, 3.8) is 0 Å². The van der Waals surface area contributed by atoms with Crippen molar-refractivity contribution in [2.45, 2.75) is 25.8 Å². The van der Waals surface area contributed by atoms with Gasteiger partial charge < -0.3 is 14.3 Å². The van der Waals surface area contributed by atoms with E-state index in [-0.39, 0.29) is 0 Å². The number of aliphatic imine (C=N–C) groups is 1. The van der Waals surface area contributed by atoms with Crippen LogP contribution in [0, 0.1) is 0 Å². The normalized spacial score (nSPS) is 14.6. The van der Waals surface area contributed by atoms with Crippen molar-refractivity contribution >= 4 is 16.6 Å². The van der Waals surface area contributed by atoms with Crippen LogP contribution in [0.3, 0.4) is 0 Å². The third-order valence-electron chi connectivity index (χ3n) is 7.54. The second-order valence-corrected chi connectivity index (χ2v) is 9.44. The van der Waals surface area contributed by atoms with Crippen LogP contribution in [-0.2, 0) is 13.0 Å². The fourth-order valence-corrected chi connectivity index (χ4v) is 5.95. The number of aromatic amines is 1. The highest BCUT2D eigenvalue weighted by Gasteiger charge is 2.28. The number of aryl methyl sites for hydroxylation is 1. The number of rotatable bonds is 4. The van der Waals surface area contributed by atoms with Crippen LogP contribution in [0.25, 0.3) is 44.4 Å². The van der Waals surface area contributed by atoms with Crippen molar-refractivity contribution in [2.75, 3.05) is 13.7 Å². The number of nitrogens with one attached hydrogen (secondary N) is 1. The predicted octanol–water partition coefficient (Wildman–Crippen LogP) is 7.12. The number of hydrogen-bond acceptors (Lipinski definition) is 2. The number of benzene rings is 3. The predicted molar refractivity (Wildman–Crippen MR) is 143 cm³/mol. The maximum absolute atomic E-state index is 5.69. The van der Waals surface area contributed by atoms with E-state index in [9.17, 15) is 0 Å². The van der Waals surface area contributed by atoms with Crippen LogP contribution in [0.4, 0.5) is 0 Å². The molecule has 0 amide bonds. The summed E-state index contributed by atoms with van der Waals surface area (Å²) in [7, 11) is 1.74. The van der Waals surface area contributed by atoms with Gasteiger partial charge in [0.05, 0.1) is 25.1 Å². The van der Waals surface area contributed by atoms with Gasteiger partial charge in [0.1, 0.15) is 5.75 Å². The number of fused-ring (bicyclic) bond motifs is 3.